The van der Waals surface area contributed by atoms with Gasteiger partial charge in [0.15, 0.2) is 5.96 Å². The van der Waals surface area contributed by atoms with Crippen molar-refractivity contribution >= 4 is 17.7 Å². The number of nitrogens with one attached hydrogen (secondary N) is 2. The average Bonchev–Trinajstić information content (AvgIpc) is 2.47. The molecule has 7 N–H and O–H groups in total. The molecule has 0 bridgehead atoms. The molecule has 0 aromatic carbocycles. The molecule has 0 aliphatic heterocycles. The van der Waals surface area contributed by atoms with Gasteiger partial charge in [-0.2, -0.15) is 0 Å². The Labute approximate surface area is 133 Å². The number of hydrogen-bond acceptors (Lipinski definition) is 4. The maximum atomic E-state index is 11.0. The van der Waals surface area contributed by atoms with E-state index in [1.54, 1.807) is 0 Å². The van der Waals surface area contributed by atoms with E-state index in [0.29, 0.717) is 25.2 Å². The molecule has 0 radical (unpaired) electrons. The zero-order chi connectivity index (χ0) is 17.4. The minimum Gasteiger partial charge on any atom is -0.480 e. The summed E-state index contributed by atoms with van der Waals surface area (Å²) in [6, 6.07) is -0.821. The Kier molecular flexibility index (Phi) is 16.2. The Morgan fingerprint density at radius 3 is 2.00 bits per heavy atom. The van der Waals surface area contributed by atoms with Crippen LogP contribution in [0.15, 0.2) is 0 Å². The molecule has 130 valence electrons. The Balaban J connectivity index is 0. The third kappa shape index (κ3) is 18.4. The van der Waals surface area contributed by atoms with Crippen molar-refractivity contribution in [3.05, 3.63) is 0 Å². The number of nitrogens with two attached hydrogens (primary N) is 2. The minimum absolute atomic E-state index is 0.112. The molecule has 0 saturated heterocycles. The molecule has 0 aromatic heterocycles. The number of carbonyl (C=O) groups is 2. The lowest BCUT2D eigenvalue weighted by Gasteiger charge is -2.06. The second kappa shape index (κ2) is 15.8. The zero-order valence-corrected chi connectivity index (χ0v) is 13.9. The molecular weight excluding hydrogens is 284 g/mol. The summed E-state index contributed by atoms with van der Waals surface area (Å²) in [5.41, 5.74) is 10.2. The van der Waals surface area contributed by atoms with Gasteiger partial charge < -0.3 is 21.9 Å². The van der Waals surface area contributed by atoms with E-state index in [1.807, 2.05) is 0 Å². The zero-order valence-electron chi connectivity index (χ0n) is 13.9. The number of Topliss-reactive ketones (excluding diaryl/α,β-unsaturated/α-hetero) is 1. The van der Waals surface area contributed by atoms with E-state index in [4.69, 9.17) is 22.0 Å². The van der Waals surface area contributed by atoms with E-state index in [-0.39, 0.29) is 5.96 Å². The molecule has 0 aromatic rings. The van der Waals surface area contributed by atoms with Crippen molar-refractivity contribution in [3.8, 4) is 0 Å². The van der Waals surface area contributed by atoms with Crippen LogP contribution in [0.3, 0.4) is 0 Å². The first-order chi connectivity index (χ1) is 10.3. The first-order valence-corrected chi connectivity index (χ1v) is 7.93. The smallest absolute Gasteiger partial charge is 0.320 e. The van der Waals surface area contributed by atoms with E-state index in [0.717, 1.165) is 38.5 Å². The second-order valence-corrected chi connectivity index (χ2v) is 5.17. The summed E-state index contributed by atoms with van der Waals surface area (Å²) >= 11 is 0. The Morgan fingerprint density at radius 1 is 1.14 bits per heavy atom. The summed E-state index contributed by atoms with van der Waals surface area (Å²) in [4.78, 5) is 21.2. The van der Waals surface area contributed by atoms with Crippen molar-refractivity contribution in [3.63, 3.8) is 0 Å². The summed E-state index contributed by atoms with van der Waals surface area (Å²) in [6.07, 6.45) is 7.00. The lowest BCUT2D eigenvalue weighted by atomic mass is 10.1. The van der Waals surface area contributed by atoms with Crippen LogP contribution in [0, 0.1) is 5.41 Å². The third-order valence-electron chi connectivity index (χ3n) is 2.94. The maximum Gasteiger partial charge on any atom is 0.320 e. The van der Waals surface area contributed by atoms with Crippen molar-refractivity contribution in [1.82, 2.24) is 5.32 Å². The summed E-state index contributed by atoms with van der Waals surface area (Å²) in [6.45, 7) is 4.72. The van der Waals surface area contributed by atoms with Crippen LogP contribution >= 0.6 is 0 Å². The fourth-order valence-electron chi connectivity index (χ4n) is 1.54. The summed E-state index contributed by atoms with van der Waals surface area (Å²) in [5, 5.41) is 17.7. The van der Waals surface area contributed by atoms with Crippen LogP contribution in [0.5, 0.6) is 0 Å². The number of unbranched alkanes of at least 4 members (excludes halogenated alkanes) is 2. The Morgan fingerprint density at radius 2 is 1.64 bits per heavy atom. The monoisotopic (exact) mass is 316 g/mol. The topological polar surface area (TPSA) is 142 Å². The van der Waals surface area contributed by atoms with Crippen LogP contribution in [0.25, 0.3) is 0 Å². The number of ketones is 1. The number of carboxylic acids is 1. The van der Waals surface area contributed by atoms with Gasteiger partial charge in [0.05, 0.1) is 0 Å². The van der Waals surface area contributed by atoms with Crippen LogP contribution in [-0.2, 0) is 9.59 Å². The molecule has 0 rings (SSSR count). The van der Waals surface area contributed by atoms with E-state index in [9.17, 15) is 9.59 Å². The first-order valence-electron chi connectivity index (χ1n) is 7.93. The highest BCUT2D eigenvalue weighted by Gasteiger charge is 2.09. The average molecular weight is 316 g/mol. The third-order valence-corrected chi connectivity index (χ3v) is 2.94. The van der Waals surface area contributed by atoms with Crippen molar-refractivity contribution in [2.75, 3.05) is 6.54 Å². The van der Waals surface area contributed by atoms with Crippen molar-refractivity contribution in [2.24, 2.45) is 11.5 Å². The van der Waals surface area contributed by atoms with Gasteiger partial charge in [0.1, 0.15) is 11.8 Å². The van der Waals surface area contributed by atoms with E-state index in [1.165, 1.54) is 0 Å². The number of aliphatic carboxylic acids is 1. The molecule has 1 atom stereocenters. The van der Waals surface area contributed by atoms with E-state index in [2.05, 4.69) is 19.2 Å². The number of hydrogen-bond donors (Lipinski definition) is 5. The van der Waals surface area contributed by atoms with Gasteiger partial charge in [-0.3, -0.25) is 15.0 Å². The normalized spacial score (nSPS) is 11.0. The van der Waals surface area contributed by atoms with Gasteiger partial charge in [-0.05, 0) is 25.7 Å². The SMILES string of the molecule is CCCCC(=O)CCCC.N=C(N)NCCCC(N)C(=O)O. The number of guanidine groups is 1. The Hall–Kier alpha value is -1.63. The molecule has 22 heavy (non-hydrogen) atoms. The van der Waals surface area contributed by atoms with E-state index >= 15 is 0 Å². The fraction of sp³-hybridized carbons (Fsp3) is 0.800. The first kappa shape index (κ1) is 22.6. The van der Waals surface area contributed by atoms with Crippen LogP contribution in [-0.4, -0.2) is 35.4 Å². The number of carboxylic acid groups (broad SMARTS) is 1. The van der Waals surface area contributed by atoms with Crippen LogP contribution in [0.1, 0.15) is 65.2 Å². The number of rotatable bonds is 11. The predicted molar refractivity (Wildman–Crippen MR) is 88.8 cm³/mol. The van der Waals surface area contributed by atoms with Gasteiger partial charge in [0.25, 0.3) is 0 Å². The van der Waals surface area contributed by atoms with Gasteiger partial charge in [-0.1, -0.05) is 26.7 Å². The molecule has 0 amide bonds. The highest BCUT2D eigenvalue weighted by molar-refractivity contribution is 5.78. The molecule has 0 aliphatic rings. The van der Waals surface area contributed by atoms with Gasteiger partial charge in [-0.25, -0.2) is 0 Å². The molecular formula is C15H32N4O3. The fourth-order valence-corrected chi connectivity index (χ4v) is 1.54. The predicted octanol–water partition coefficient (Wildman–Crippen LogP) is 1.60. The molecule has 0 fully saturated rings. The van der Waals surface area contributed by atoms with Crippen LogP contribution in [0.2, 0.25) is 0 Å². The van der Waals surface area contributed by atoms with Gasteiger partial charge >= 0.3 is 5.97 Å². The van der Waals surface area contributed by atoms with Crippen LogP contribution in [0.4, 0.5) is 0 Å². The lowest BCUT2D eigenvalue weighted by Crippen LogP contribution is -2.34. The summed E-state index contributed by atoms with van der Waals surface area (Å²) in [7, 11) is 0. The Bertz CT molecular complexity index is 312. The lowest BCUT2D eigenvalue weighted by molar-refractivity contribution is -0.138. The molecule has 7 heteroatoms. The summed E-state index contributed by atoms with van der Waals surface area (Å²) < 4.78 is 0. The second-order valence-electron chi connectivity index (χ2n) is 5.17. The molecule has 0 saturated carbocycles. The van der Waals surface area contributed by atoms with Crippen LogP contribution < -0.4 is 16.8 Å². The quantitative estimate of drug-likeness (QED) is 0.222. The van der Waals surface area contributed by atoms with Gasteiger partial charge in [-0.15, -0.1) is 0 Å². The number of carbonyl (C=O) groups excluding carboxylic acids is 1. The van der Waals surface area contributed by atoms with Crippen molar-refractivity contribution in [2.45, 2.75) is 71.3 Å². The van der Waals surface area contributed by atoms with E-state index < -0.39 is 12.0 Å². The highest BCUT2D eigenvalue weighted by atomic mass is 16.4. The summed E-state index contributed by atoms with van der Waals surface area (Å²) in [5.74, 6) is -0.666. The maximum absolute atomic E-state index is 11.0. The molecule has 1 unspecified atom stereocenters. The standard InChI is InChI=1S/C9H18O.C6H14N4O2/c1-3-5-7-9(10)8-6-4-2;7-4(5(11)12)2-1-3-10-6(8)9/h3-8H2,1-2H3;4H,1-3,7H2,(H,11,12)(H4,8,9,10). The molecule has 7 nitrogen and oxygen atoms in total. The highest BCUT2D eigenvalue weighted by Crippen LogP contribution is 2.02. The molecule has 0 spiro atoms. The largest absolute Gasteiger partial charge is 0.480 e. The van der Waals surface area contributed by atoms with Crippen molar-refractivity contribution < 1.29 is 14.7 Å². The molecule has 0 aliphatic carbocycles. The molecule has 0 heterocycles. The minimum atomic E-state index is -1.00. The van der Waals surface area contributed by atoms with Gasteiger partial charge in [0.2, 0.25) is 0 Å². The van der Waals surface area contributed by atoms with Gasteiger partial charge in [0, 0.05) is 19.4 Å². The van der Waals surface area contributed by atoms with Crippen molar-refractivity contribution in [1.29, 1.82) is 5.41 Å².